The number of aromatic nitrogens is 2. The zero-order valence-corrected chi connectivity index (χ0v) is 12.0. The zero-order valence-electron chi connectivity index (χ0n) is 8.81. The van der Waals surface area contributed by atoms with Gasteiger partial charge in [0.05, 0.1) is 0 Å². The lowest BCUT2D eigenvalue weighted by atomic mass is 10.2. The second kappa shape index (κ2) is 5.80. The summed E-state index contributed by atoms with van der Waals surface area (Å²) in [6.07, 6.45) is 0.912. The zero-order chi connectivity index (χ0) is 11.4. The Morgan fingerprint density at radius 1 is 1.31 bits per heavy atom. The molecule has 0 atom stereocenters. The van der Waals surface area contributed by atoms with Gasteiger partial charge in [-0.3, -0.25) is 0 Å². The van der Waals surface area contributed by atoms with Crippen LogP contribution in [0.3, 0.4) is 0 Å². The van der Waals surface area contributed by atoms with E-state index in [1.165, 1.54) is 17.1 Å². The number of nitrogens with zero attached hydrogens (tertiary/aromatic N) is 2. The fourth-order valence-corrected chi connectivity index (χ4v) is 3.08. The molecule has 0 N–H and O–H groups in total. The highest BCUT2D eigenvalue weighted by Crippen LogP contribution is 2.25. The van der Waals surface area contributed by atoms with Gasteiger partial charge in [0.15, 0.2) is 4.34 Å². The second-order valence-electron chi connectivity index (χ2n) is 3.25. The van der Waals surface area contributed by atoms with Gasteiger partial charge in [0.1, 0.15) is 5.82 Å². The Hall–Kier alpha value is -0.390. The van der Waals surface area contributed by atoms with E-state index in [0.29, 0.717) is 0 Å². The Balaban J connectivity index is 1.94. The van der Waals surface area contributed by atoms with Crippen molar-refractivity contribution in [2.24, 2.45) is 0 Å². The summed E-state index contributed by atoms with van der Waals surface area (Å²) in [7, 11) is 0. The fraction of sp³-hybridized carbons (Fsp3) is 0.273. The molecule has 0 unspecified atom stereocenters. The molecule has 0 amide bonds. The molecular weight excluding hydrogens is 304 g/mol. The highest BCUT2D eigenvalue weighted by atomic mass is 79.9. The molecule has 0 aliphatic rings. The summed E-state index contributed by atoms with van der Waals surface area (Å²) in [6, 6.07) is 8.37. The second-order valence-corrected chi connectivity index (χ2v) is 6.14. The van der Waals surface area contributed by atoms with Crippen LogP contribution >= 0.6 is 39.2 Å². The van der Waals surface area contributed by atoms with Crippen molar-refractivity contribution in [2.45, 2.75) is 23.4 Å². The van der Waals surface area contributed by atoms with Gasteiger partial charge in [-0.25, -0.2) is 4.98 Å². The standard InChI is InChI=1S/C11H11BrN2S2/c1-2-10-13-11(16-14-10)15-7-8-3-5-9(12)6-4-8/h3-6H,2,7H2,1H3. The van der Waals surface area contributed by atoms with Gasteiger partial charge in [-0.15, -0.1) is 0 Å². The van der Waals surface area contributed by atoms with Gasteiger partial charge >= 0.3 is 0 Å². The molecule has 0 fully saturated rings. The molecule has 2 rings (SSSR count). The van der Waals surface area contributed by atoms with Crippen molar-refractivity contribution in [2.75, 3.05) is 0 Å². The minimum atomic E-state index is 0.912. The van der Waals surface area contributed by atoms with E-state index in [1.54, 1.807) is 11.8 Å². The quantitative estimate of drug-likeness (QED) is 0.793. The lowest BCUT2D eigenvalue weighted by Gasteiger charge is -1.98. The summed E-state index contributed by atoms with van der Waals surface area (Å²) in [6.45, 7) is 2.07. The van der Waals surface area contributed by atoms with Crippen molar-refractivity contribution in [3.05, 3.63) is 40.1 Å². The molecule has 5 heteroatoms. The van der Waals surface area contributed by atoms with E-state index in [0.717, 1.165) is 26.8 Å². The number of benzene rings is 1. The number of hydrogen-bond acceptors (Lipinski definition) is 4. The molecular formula is C11H11BrN2S2. The number of hydrogen-bond donors (Lipinski definition) is 0. The van der Waals surface area contributed by atoms with Crippen LogP contribution in [-0.4, -0.2) is 9.36 Å². The van der Waals surface area contributed by atoms with Gasteiger partial charge in [0.25, 0.3) is 0 Å². The first-order valence-corrected chi connectivity index (χ1v) is 7.53. The van der Waals surface area contributed by atoms with Crippen molar-refractivity contribution < 1.29 is 0 Å². The largest absolute Gasteiger partial charge is 0.213 e. The predicted molar refractivity (Wildman–Crippen MR) is 73.0 cm³/mol. The Morgan fingerprint density at radius 2 is 2.06 bits per heavy atom. The van der Waals surface area contributed by atoms with Crippen LogP contribution in [0.2, 0.25) is 0 Å². The average Bonchev–Trinajstić information content (AvgIpc) is 2.76. The van der Waals surface area contributed by atoms with E-state index in [4.69, 9.17) is 0 Å². The van der Waals surface area contributed by atoms with Gasteiger partial charge in [-0.2, -0.15) is 4.37 Å². The molecule has 0 aliphatic heterocycles. The fourth-order valence-electron chi connectivity index (χ4n) is 1.17. The van der Waals surface area contributed by atoms with Crippen LogP contribution in [0.1, 0.15) is 18.3 Å². The van der Waals surface area contributed by atoms with Crippen molar-refractivity contribution in [1.29, 1.82) is 0 Å². The van der Waals surface area contributed by atoms with Crippen molar-refractivity contribution in [3.8, 4) is 0 Å². The molecule has 2 nitrogen and oxygen atoms in total. The number of thioether (sulfide) groups is 1. The SMILES string of the molecule is CCc1nsc(SCc2ccc(Br)cc2)n1. The van der Waals surface area contributed by atoms with E-state index in [2.05, 4.69) is 56.5 Å². The molecule has 0 radical (unpaired) electrons. The van der Waals surface area contributed by atoms with Crippen LogP contribution in [0.5, 0.6) is 0 Å². The highest BCUT2D eigenvalue weighted by molar-refractivity contribution is 9.10. The first kappa shape index (κ1) is 12.1. The average molecular weight is 315 g/mol. The number of aryl methyl sites for hydroxylation is 1. The van der Waals surface area contributed by atoms with E-state index < -0.39 is 0 Å². The van der Waals surface area contributed by atoms with E-state index >= 15 is 0 Å². The molecule has 0 bridgehead atoms. The summed E-state index contributed by atoms with van der Waals surface area (Å²) in [5.41, 5.74) is 1.31. The summed E-state index contributed by atoms with van der Waals surface area (Å²) in [5.74, 6) is 1.90. The van der Waals surface area contributed by atoms with E-state index in [9.17, 15) is 0 Å². The third-order valence-corrected chi connectivity index (χ3v) is 4.51. The Labute approximate surface area is 112 Å². The molecule has 0 aliphatic carbocycles. The molecule has 2 aromatic rings. The van der Waals surface area contributed by atoms with Crippen LogP contribution < -0.4 is 0 Å². The van der Waals surface area contributed by atoms with Gasteiger partial charge in [-0.1, -0.05) is 46.7 Å². The predicted octanol–water partition coefficient (Wildman–Crippen LogP) is 4.16. The Morgan fingerprint density at radius 3 is 2.69 bits per heavy atom. The molecule has 16 heavy (non-hydrogen) atoms. The van der Waals surface area contributed by atoms with Crippen molar-refractivity contribution in [3.63, 3.8) is 0 Å². The van der Waals surface area contributed by atoms with Gasteiger partial charge < -0.3 is 0 Å². The van der Waals surface area contributed by atoms with Crippen LogP contribution in [-0.2, 0) is 12.2 Å². The van der Waals surface area contributed by atoms with Crippen molar-refractivity contribution in [1.82, 2.24) is 9.36 Å². The van der Waals surface area contributed by atoms with Gasteiger partial charge in [-0.05, 0) is 29.2 Å². The smallest absolute Gasteiger partial charge is 0.170 e. The summed E-state index contributed by atoms with van der Waals surface area (Å²) in [5, 5.41) is 0. The van der Waals surface area contributed by atoms with E-state index in [1.807, 2.05) is 0 Å². The molecule has 0 saturated heterocycles. The minimum absolute atomic E-state index is 0.912. The molecule has 1 heterocycles. The maximum Gasteiger partial charge on any atom is 0.170 e. The van der Waals surface area contributed by atoms with Crippen LogP contribution in [0.4, 0.5) is 0 Å². The molecule has 84 valence electrons. The van der Waals surface area contributed by atoms with Gasteiger partial charge in [0.2, 0.25) is 0 Å². The van der Waals surface area contributed by atoms with Crippen LogP contribution in [0, 0.1) is 0 Å². The summed E-state index contributed by atoms with van der Waals surface area (Å²) in [4.78, 5) is 4.42. The third-order valence-electron chi connectivity index (χ3n) is 2.04. The minimum Gasteiger partial charge on any atom is -0.213 e. The Bertz CT molecular complexity index is 453. The third kappa shape index (κ3) is 3.30. The first-order chi connectivity index (χ1) is 7.78. The molecule has 1 aromatic heterocycles. The first-order valence-electron chi connectivity index (χ1n) is 4.97. The topological polar surface area (TPSA) is 25.8 Å². The Kier molecular flexibility index (Phi) is 4.37. The molecule has 0 spiro atoms. The van der Waals surface area contributed by atoms with Crippen LogP contribution in [0.15, 0.2) is 33.1 Å². The normalized spacial score (nSPS) is 10.6. The summed E-state index contributed by atoms with van der Waals surface area (Å²) < 4.78 is 6.43. The maximum absolute atomic E-state index is 4.42. The highest BCUT2D eigenvalue weighted by Gasteiger charge is 2.03. The number of rotatable bonds is 4. The van der Waals surface area contributed by atoms with Gasteiger partial charge in [0, 0.05) is 16.6 Å². The lowest BCUT2D eigenvalue weighted by molar-refractivity contribution is 0.971. The maximum atomic E-state index is 4.42. The monoisotopic (exact) mass is 314 g/mol. The molecule has 0 saturated carbocycles. The molecule has 1 aromatic carbocycles. The number of halogens is 1. The van der Waals surface area contributed by atoms with Crippen LogP contribution in [0.25, 0.3) is 0 Å². The summed E-state index contributed by atoms with van der Waals surface area (Å²) >= 11 is 6.66. The lowest BCUT2D eigenvalue weighted by Crippen LogP contribution is -1.82. The van der Waals surface area contributed by atoms with E-state index in [-0.39, 0.29) is 0 Å². The van der Waals surface area contributed by atoms with Crippen molar-refractivity contribution >= 4 is 39.2 Å².